The van der Waals surface area contributed by atoms with Crippen molar-refractivity contribution in [2.75, 3.05) is 0 Å². The molecule has 3 nitrogen and oxygen atoms in total. The van der Waals surface area contributed by atoms with Gasteiger partial charge in [0.25, 0.3) is 5.91 Å². The van der Waals surface area contributed by atoms with Crippen molar-refractivity contribution < 1.29 is 9.90 Å². The first-order valence-electron chi connectivity index (χ1n) is 8.27. The Labute approximate surface area is 142 Å². The van der Waals surface area contributed by atoms with Crippen LogP contribution in [0.3, 0.4) is 0 Å². The molecule has 0 aromatic heterocycles. The fourth-order valence-corrected chi connectivity index (χ4v) is 3.06. The van der Waals surface area contributed by atoms with Gasteiger partial charge in [-0.2, -0.15) is 0 Å². The van der Waals surface area contributed by atoms with Crippen LogP contribution in [0.2, 0.25) is 0 Å². The second kappa shape index (κ2) is 7.18. The van der Waals surface area contributed by atoms with Crippen molar-refractivity contribution in [1.82, 2.24) is 5.32 Å². The second-order valence-corrected chi connectivity index (χ2v) is 5.90. The van der Waals surface area contributed by atoms with E-state index >= 15 is 0 Å². The Morgan fingerprint density at radius 3 is 2.46 bits per heavy atom. The maximum absolute atomic E-state index is 12.6. The molecule has 0 aliphatic carbocycles. The number of rotatable bonds is 5. The predicted octanol–water partition coefficient (Wildman–Crippen LogP) is 4.82. The van der Waals surface area contributed by atoms with Gasteiger partial charge in [-0.15, -0.1) is 0 Å². The number of nitrogens with one attached hydrogen (secondary N) is 1. The Kier molecular flexibility index (Phi) is 4.80. The van der Waals surface area contributed by atoms with E-state index in [0.29, 0.717) is 5.56 Å². The molecule has 0 aliphatic heterocycles. The molecule has 1 atom stereocenters. The van der Waals surface area contributed by atoms with E-state index in [0.717, 1.165) is 29.2 Å². The van der Waals surface area contributed by atoms with E-state index < -0.39 is 0 Å². The van der Waals surface area contributed by atoms with E-state index in [-0.39, 0.29) is 17.7 Å². The Hall–Kier alpha value is -2.81. The van der Waals surface area contributed by atoms with Crippen LogP contribution in [-0.4, -0.2) is 11.0 Å². The van der Waals surface area contributed by atoms with Gasteiger partial charge in [0.1, 0.15) is 5.75 Å². The predicted molar refractivity (Wildman–Crippen MR) is 97.2 cm³/mol. The lowest BCUT2D eigenvalue weighted by Gasteiger charge is -2.21. The zero-order chi connectivity index (χ0) is 16.9. The highest BCUT2D eigenvalue weighted by molar-refractivity contribution is 5.95. The van der Waals surface area contributed by atoms with Crippen LogP contribution in [0, 0.1) is 0 Å². The third kappa shape index (κ3) is 3.25. The molecule has 0 heterocycles. The van der Waals surface area contributed by atoms with Crippen LogP contribution in [0.15, 0.2) is 66.7 Å². The Bertz CT molecular complexity index is 843. The number of carbonyl (C=O) groups excluding carboxylic acids is 1. The van der Waals surface area contributed by atoms with Crippen LogP contribution >= 0.6 is 0 Å². The minimum Gasteiger partial charge on any atom is -0.508 e. The summed E-state index contributed by atoms with van der Waals surface area (Å²) in [5.41, 5.74) is 1.41. The van der Waals surface area contributed by atoms with Crippen molar-refractivity contribution >= 4 is 16.7 Å². The van der Waals surface area contributed by atoms with Gasteiger partial charge in [0.05, 0.1) is 6.04 Å². The van der Waals surface area contributed by atoms with E-state index in [1.807, 2.05) is 48.5 Å². The number of carbonyl (C=O) groups is 1. The lowest BCUT2D eigenvalue weighted by atomic mass is 9.94. The maximum atomic E-state index is 12.6. The van der Waals surface area contributed by atoms with Crippen molar-refractivity contribution in [1.29, 1.82) is 0 Å². The highest BCUT2D eigenvalue weighted by Crippen LogP contribution is 2.34. The van der Waals surface area contributed by atoms with Crippen molar-refractivity contribution in [3.05, 3.63) is 77.9 Å². The molecule has 1 unspecified atom stereocenters. The molecule has 2 N–H and O–H groups in total. The lowest BCUT2D eigenvalue weighted by molar-refractivity contribution is 0.0934. The van der Waals surface area contributed by atoms with E-state index in [9.17, 15) is 9.90 Å². The monoisotopic (exact) mass is 319 g/mol. The van der Waals surface area contributed by atoms with Gasteiger partial charge < -0.3 is 10.4 Å². The topological polar surface area (TPSA) is 49.3 Å². The molecule has 0 fully saturated rings. The molecule has 0 spiro atoms. The summed E-state index contributed by atoms with van der Waals surface area (Å²) in [4.78, 5) is 12.6. The summed E-state index contributed by atoms with van der Waals surface area (Å²) in [6.45, 7) is 2.07. The van der Waals surface area contributed by atoms with Gasteiger partial charge in [0.15, 0.2) is 0 Å². The normalized spacial score (nSPS) is 12.0. The van der Waals surface area contributed by atoms with E-state index in [1.54, 1.807) is 18.2 Å². The molecule has 3 rings (SSSR count). The standard InChI is InChI=1S/C21H21NO2/c1-2-8-18(22-21(24)16-10-4-3-5-11-16)20-17-12-7-6-9-15(17)13-14-19(20)23/h3-7,9-14,18,23H,2,8H2,1H3,(H,22,24). The summed E-state index contributed by atoms with van der Waals surface area (Å²) >= 11 is 0. The molecular formula is C21H21NO2. The largest absolute Gasteiger partial charge is 0.508 e. The number of fused-ring (bicyclic) bond motifs is 1. The molecule has 1 amide bonds. The molecule has 24 heavy (non-hydrogen) atoms. The number of amides is 1. The number of aromatic hydroxyl groups is 1. The molecule has 3 heteroatoms. The molecule has 3 aromatic carbocycles. The smallest absolute Gasteiger partial charge is 0.251 e. The van der Waals surface area contributed by atoms with E-state index in [4.69, 9.17) is 0 Å². The van der Waals surface area contributed by atoms with Crippen LogP contribution in [-0.2, 0) is 0 Å². The SMILES string of the molecule is CCCC(NC(=O)c1ccccc1)c1c(O)ccc2ccccc12. The number of phenols is 1. The molecule has 122 valence electrons. The highest BCUT2D eigenvalue weighted by Gasteiger charge is 2.20. The number of hydrogen-bond donors (Lipinski definition) is 2. The molecule has 0 aliphatic rings. The first-order chi connectivity index (χ1) is 11.7. The highest BCUT2D eigenvalue weighted by atomic mass is 16.3. The zero-order valence-electron chi connectivity index (χ0n) is 13.7. The van der Waals surface area contributed by atoms with Crippen molar-refractivity contribution in [2.45, 2.75) is 25.8 Å². The van der Waals surface area contributed by atoms with Gasteiger partial charge in [-0.25, -0.2) is 0 Å². The number of hydrogen-bond acceptors (Lipinski definition) is 2. The van der Waals surface area contributed by atoms with Gasteiger partial charge in [-0.1, -0.05) is 61.9 Å². The Balaban J connectivity index is 2.00. The first-order valence-corrected chi connectivity index (χ1v) is 8.27. The summed E-state index contributed by atoms with van der Waals surface area (Å²) in [5.74, 6) is 0.0990. The average molecular weight is 319 g/mol. The summed E-state index contributed by atoms with van der Waals surface area (Å²) in [6, 6.07) is 20.5. The summed E-state index contributed by atoms with van der Waals surface area (Å²) < 4.78 is 0. The Morgan fingerprint density at radius 2 is 1.71 bits per heavy atom. The fraction of sp³-hybridized carbons (Fsp3) is 0.190. The van der Waals surface area contributed by atoms with Crippen LogP contribution in [0.1, 0.15) is 41.7 Å². The van der Waals surface area contributed by atoms with Gasteiger partial charge in [0, 0.05) is 11.1 Å². The molecule has 0 radical (unpaired) electrons. The third-order valence-electron chi connectivity index (χ3n) is 4.21. The lowest BCUT2D eigenvalue weighted by Crippen LogP contribution is -2.28. The number of benzene rings is 3. The van der Waals surface area contributed by atoms with Crippen LogP contribution in [0.25, 0.3) is 10.8 Å². The first kappa shape index (κ1) is 16.1. The molecular weight excluding hydrogens is 298 g/mol. The fourth-order valence-electron chi connectivity index (χ4n) is 3.06. The van der Waals surface area contributed by atoms with Crippen LogP contribution in [0.5, 0.6) is 5.75 Å². The van der Waals surface area contributed by atoms with Crippen molar-refractivity contribution in [3.8, 4) is 5.75 Å². The molecule has 0 saturated carbocycles. The minimum absolute atomic E-state index is 0.124. The zero-order valence-corrected chi connectivity index (χ0v) is 13.7. The van der Waals surface area contributed by atoms with E-state index in [2.05, 4.69) is 12.2 Å². The van der Waals surface area contributed by atoms with Crippen LogP contribution < -0.4 is 5.32 Å². The summed E-state index contributed by atoms with van der Waals surface area (Å²) in [5, 5.41) is 15.6. The second-order valence-electron chi connectivity index (χ2n) is 5.90. The third-order valence-corrected chi connectivity index (χ3v) is 4.21. The van der Waals surface area contributed by atoms with Gasteiger partial charge in [-0.3, -0.25) is 4.79 Å². The minimum atomic E-state index is -0.228. The van der Waals surface area contributed by atoms with Crippen LogP contribution in [0.4, 0.5) is 0 Å². The van der Waals surface area contributed by atoms with Crippen molar-refractivity contribution in [3.63, 3.8) is 0 Å². The molecule has 3 aromatic rings. The Morgan fingerprint density at radius 1 is 1.00 bits per heavy atom. The van der Waals surface area contributed by atoms with E-state index in [1.165, 1.54) is 0 Å². The quantitative estimate of drug-likeness (QED) is 0.708. The summed E-state index contributed by atoms with van der Waals surface area (Å²) in [7, 11) is 0. The van der Waals surface area contributed by atoms with Gasteiger partial charge in [0.2, 0.25) is 0 Å². The van der Waals surface area contributed by atoms with Gasteiger partial charge >= 0.3 is 0 Å². The van der Waals surface area contributed by atoms with Gasteiger partial charge in [-0.05, 0) is 35.4 Å². The summed E-state index contributed by atoms with van der Waals surface area (Å²) in [6.07, 6.45) is 1.67. The molecule has 0 bridgehead atoms. The molecule has 0 saturated heterocycles. The van der Waals surface area contributed by atoms with Crippen molar-refractivity contribution in [2.24, 2.45) is 0 Å². The maximum Gasteiger partial charge on any atom is 0.251 e. The number of phenolic OH excluding ortho intramolecular Hbond substituents is 1. The average Bonchev–Trinajstić information content (AvgIpc) is 2.62.